The molecule has 0 saturated carbocycles. The normalized spacial score (nSPS) is 11.9. The van der Waals surface area contributed by atoms with Crippen molar-refractivity contribution in [1.29, 1.82) is 0 Å². The van der Waals surface area contributed by atoms with Gasteiger partial charge in [0.25, 0.3) is 5.56 Å². The quantitative estimate of drug-likeness (QED) is 0.335. The van der Waals surface area contributed by atoms with Gasteiger partial charge in [-0.2, -0.15) is 0 Å². The molecule has 5 nitrogen and oxygen atoms in total. The number of fused-ring (bicyclic) bond motifs is 2. The average Bonchev–Trinajstić information content (AvgIpc) is 3.13. The maximum Gasteiger partial charge on any atom is 0.263 e. The van der Waals surface area contributed by atoms with Crippen molar-refractivity contribution in [1.82, 2.24) is 18.9 Å². The molecule has 0 N–H and O–H groups in total. The first-order valence-corrected chi connectivity index (χ1v) is 10.8. The van der Waals surface area contributed by atoms with Gasteiger partial charge in [0, 0.05) is 29.1 Å². The van der Waals surface area contributed by atoms with Crippen LogP contribution >= 0.6 is 34.7 Å². The fourth-order valence-electron chi connectivity index (χ4n) is 3.07. The molecule has 4 heterocycles. The van der Waals surface area contributed by atoms with Gasteiger partial charge in [-0.05, 0) is 45.4 Å². The Labute approximate surface area is 170 Å². The Hall–Kier alpha value is -1.83. The van der Waals surface area contributed by atoms with Gasteiger partial charge in [-0.15, -0.1) is 11.3 Å². The summed E-state index contributed by atoms with van der Waals surface area (Å²) in [6.07, 6.45) is 3.80. The van der Waals surface area contributed by atoms with Crippen molar-refractivity contribution >= 4 is 50.6 Å². The molecular formula is C19H19ClN4OS2. The largest absolute Gasteiger partial charge is 0.305 e. The van der Waals surface area contributed by atoms with Crippen molar-refractivity contribution < 1.29 is 0 Å². The summed E-state index contributed by atoms with van der Waals surface area (Å²) in [7, 11) is 0. The zero-order valence-corrected chi connectivity index (χ0v) is 17.9. The fraction of sp³-hybridized carbons (Fsp3) is 0.316. The smallest absolute Gasteiger partial charge is 0.263 e. The van der Waals surface area contributed by atoms with E-state index in [1.54, 1.807) is 27.7 Å². The lowest BCUT2D eigenvalue weighted by atomic mass is 10.2. The number of nitrogens with zero attached hydrogens (tertiary/aromatic N) is 4. The molecule has 0 spiro atoms. The Morgan fingerprint density at radius 1 is 1.22 bits per heavy atom. The van der Waals surface area contributed by atoms with Crippen molar-refractivity contribution in [2.45, 2.75) is 44.6 Å². The van der Waals surface area contributed by atoms with E-state index < -0.39 is 0 Å². The van der Waals surface area contributed by atoms with E-state index in [4.69, 9.17) is 16.6 Å². The summed E-state index contributed by atoms with van der Waals surface area (Å²) >= 11 is 9.17. The fourth-order valence-corrected chi connectivity index (χ4v) is 5.32. The topological polar surface area (TPSA) is 52.2 Å². The van der Waals surface area contributed by atoms with Crippen LogP contribution in [0.3, 0.4) is 0 Å². The van der Waals surface area contributed by atoms with Gasteiger partial charge in [-0.1, -0.05) is 23.4 Å². The van der Waals surface area contributed by atoms with Gasteiger partial charge < -0.3 is 4.40 Å². The molecule has 4 aromatic heterocycles. The van der Waals surface area contributed by atoms with Gasteiger partial charge in [0.1, 0.15) is 10.5 Å². The first kappa shape index (κ1) is 18.5. The van der Waals surface area contributed by atoms with Crippen LogP contribution in [0.25, 0.3) is 15.9 Å². The van der Waals surface area contributed by atoms with E-state index in [1.807, 2.05) is 56.6 Å². The highest BCUT2D eigenvalue weighted by atomic mass is 35.5. The van der Waals surface area contributed by atoms with Crippen LogP contribution in [-0.4, -0.2) is 18.9 Å². The minimum atomic E-state index is 0.0383. The predicted octanol–water partition coefficient (Wildman–Crippen LogP) is 5.25. The third-order valence-corrected chi connectivity index (χ3v) is 6.84. The highest BCUT2D eigenvalue weighted by molar-refractivity contribution is 7.98. The first-order chi connectivity index (χ1) is 12.8. The Balaban J connectivity index is 1.73. The van der Waals surface area contributed by atoms with Crippen LogP contribution in [0.5, 0.6) is 0 Å². The summed E-state index contributed by atoms with van der Waals surface area (Å²) < 4.78 is 3.70. The second kappa shape index (κ2) is 6.96. The monoisotopic (exact) mass is 418 g/mol. The maximum absolute atomic E-state index is 13.1. The number of thioether (sulfide) groups is 1. The minimum Gasteiger partial charge on any atom is -0.305 e. The number of aromatic nitrogens is 4. The molecule has 0 saturated heterocycles. The molecule has 27 heavy (non-hydrogen) atoms. The third kappa shape index (κ3) is 3.28. The Morgan fingerprint density at radius 2 is 2.00 bits per heavy atom. The average molecular weight is 419 g/mol. The highest BCUT2D eigenvalue weighted by Crippen LogP contribution is 2.30. The molecule has 140 valence electrons. The van der Waals surface area contributed by atoms with Crippen LogP contribution in [0.4, 0.5) is 0 Å². The molecule has 0 aromatic carbocycles. The molecule has 0 radical (unpaired) electrons. The van der Waals surface area contributed by atoms with E-state index in [-0.39, 0.29) is 11.6 Å². The molecule has 0 aliphatic heterocycles. The van der Waals surface area contributed by atoms with Crippen molar-refractivity contribution in [3.05, 3.63) is 56.0 Å². The molecular weight excluding hydrogens is 400 g/mol. The van der Waals surface area contributed by atoms with Gasteiger partial charge in [-0.25, -0.2) is 9.97 Å². The van der Waals surface area contributed by atoms with Gasteiger partial charge in [0.2, 0.25) is 0 Å². The molecule has 0 amide bonds. The molecule has 4 aromatic rings. The Bertz CT molecular complexity index is 1220. The van der Waals surface area contributed by atoms with Crippen LogP contribution in [-0.2, 0) is 5.75 Å². The first-order valence-electron chi connectivity index (χ1n) is 8.63. The van der Waals surface area contributed by atoms with Crippen molar-refractivity contribution in [3.63, 3.8) is 0 Å². The number of pyridine rings is 1. The number of halogens is 1. The number of rotatable bonds is 4. The summed E-state index contributed by atoms with van der Waals surface area (Å²) in [6, 6.07) is 3.76. The van der Waals surface area contributed by atoms with E-state index in [1.165, 1.54) is 0 Å². The SMILES string of the molecule is Cc1sc2nc(SCc3cn4cc(Cl)ccc4n3)n(C(C)C)c(=O)c2c1C. The summed E-state index contributed by atoms with van der Waals surface area (Å²) in [4.78, 5) is 24.5. The van der Waals surface area contributed by atoms with Crippen LogP contribution in [0, 0.1) is 13.8 Å². The summed E-state index contributed by atoms with van der Waals surface area (Å²) in [5.41, 5.74) is 2.85. The second-order valence-electron chi connectivity index (χ2n) is 6.76. The molecule has 0 fully saturated rings. The molecule has 0 aliphatic carbocycles. The summed E-state index contributed by atoms with van der Waals surface area (Å²) in [5.74, 6) is 0.632. The van der Waals surface area contributed by atoms with E-state index >= 15 is 0 Å². The lowest BCUT2D eigenvalue weighted by Crippen LogP contribution is -2.24. The highest BCUT2D eigenvalue weighted by Gasteiger charge is 2.18. The standard InChI is InChI=1S/C19H19ClN4OS2/c1-10(2)24-18(25)16-11(3)12(4)27-17(16)22-19(24)26-9-14-8-23-7-13(20)5-6-15(23)21-14/h5-8,10H,9H2,1-4H3. The van der Waals surface area contributed by atoms with Crippen molar-refractivity contribution in [3.8, 4) is 0 Å². The van der Waals surface area contributed by atoms with Gasteiger partial charge >= 0.3 is 0 Å². The van der Waals surface area contributed by atoms with E-state index in [9.17, 15) is 4.79 Å². The number of hydrogen-bond donors (Lipinski definition) is 0. The molecule has 4 rings (SSSR count). The third-order valence-electron chi connectivity index (χ3n) is 4.53. The number of hydrogen-bond acceptors (Lipinski definition) is 5. The molecule has 0 unspecified atom stereocenters. The lowest BCUT2D eigenvalue weighted by Gasteiger charge is -2.15. The van der Waals surface area contributed by atoms with Crippen LogP contribution < -0.4 is 5.56 Å². The maximum atomic E-state index is 13.1. The van der Waals surface area contributed by atoms with Gasteiger partial charge in [-0.3, -0.25) is 9.36 Å². The number of aryl methyl sites for hydroxylation is 2. The van der Waals surface area contributed by atoms with Crippen molar-refractivity contribution in [2.24, 2.45) is 0 Å². The molecule has 0 atom stereocenters. The predicted molar refractivity (Wildman–Crippen MR) is 114 cm³/mol. The van der Waals surface area contributed by atoms with Crippen LogP contribution in [0.15, 0.2) is 34.5 Å². The zero-order chi connectivity index (χ0) is 19.3. The molecule has 0 aliphatic rings. The van der Waals surface area contributed by atoms with Crippen LogP contribution in [0.1, 0.15) is 36.0 Å². The zero-order valence-electron chi connectivity index (χ0n) is 15.5. The van der Waals surface area contributed by atoms with E-state index in [0.29, 0.717) is 10.8 Å². The van der Waals surface area contributed by atoms with E-state index in [0.717, 1.165) is 37.2 Å². The second-order valence-corrected chi connectivity index (χ2v) is 9.34. The Morgan fingerprint density at radius 3 is 2.74 bits per heavy atom. The minimum absolute atomic E-state index is 0.0383. The Kier molecular flexibility index (Phi) is 4.78. The molecule has 0 bridgehead atoms. The summed E-state index contributed by atoms with van der Waals surface area (Å²) in [6.45, 7) is 8.06. The molecule has 8 heteroatoms. The number of imidazole rings is 1. The lowest BCUT2D eigenvalue weighted by molar-refractivity contribution is 0.519. The van der Waals surface area contributed by atoms with Crippen LogP contribution in [0.2, 0.25) is 5.02 Å². The van der Waals surface area contributed by atoms with E-state index in [2.05, 4.69) is 4.98 Å². The van der Waals surface area contributed by atoms with Crippen molar-refractivity contribution in [2.75, 3.05) is 0 Å². The summed E-state index contributed by atoms with van der Waals surface area (Å²) in [5, 5.41) is 2.15. The number of thiophene rings is 1. The van der Waals surface area contributed by atoms with Gasteiger partial charge in [0.15, 0.2) is 5.16 Å². The van der Waals surface area contributed by atoms with Gasteiger partial charge in [0.05, 0.1) is 16.1 Å².